The molecule has 0 fully saturated rings. The van der Waals surface area contributed by atoms with E-state index in [0.717, 1.165) is 11.1 Å². The molecule has 0 nitrogen and oxygen atoms in total. The van der Waals surface area contributed by atoms with Gasteiger partial charge in [0.1, 0.15) is 0 Å². The molecule has 0 amide bonds. The molecule has 1 heteroatoms. The van der Waals surface area contributed by atoms with Gasteiger partial charge in [-0.15, -0.1) is 0 Å². The summed E-state index contributed by atoms with van der Waals surface area (Å²) in [7, 11) is 0. The molecule has 0 bridgehead atoms. The average Bonchev–Trinajstić information content (AvgIpc) is 2.62. The van der Waals surface area contributed by atoms with Crippen LogP contribution in [0.25, 0.3) is 11.1 Å². The van der Waals surface area contributed by atoms with Crippen LogP contribution in [0.1, 0.15) is 25.0 Å². The molecule has 0 heterocycles. The Bertz CT molecular complexity index is 621. The third-order valence-electron chi connectivity index (χ3n) is 3.07. The third kappa shape index (κ3) is 5.30. The van der Waals surface area contributed by atoms with E-state index in [1.807, 2.05) is 38.1 Å². The van der Waals surface area contributed by atoms with E-state index in [2.05, 4.69) is 60.6 Å². The minimum absolute atomic E-state index is 0.0273. The van der Waals surface area contributed by atoms with E-state index >= 15 is 0 Å². The molecule has 0 aliphatic heterocycles. The van der Waals surface area contributed by atoms with Gasteiger partial charge in [-0.25, -0.2) is 0 Å². The van der Waals surface area contributed by atoms with Crippen LogP contribution in [0, 0.1) is 0 Å². The molecule has 0 aromatic heterocycles. The summed E-state index contributed by atoms with van der Waals surface area (Å²) in [5.41, 5.74) is 4.62. The number of benzene rings is 2. The van der Waals surface area contributed by atoms with Crippen LogP contribution in [-0.2, 0) is 0 Å². The van der Waals surface area contributed by atoms with Crippen LogP contribution in [0.15, 0.2) is 83.5 Å². The van der Waals surface area contributed by atoms with Crippen molar-refractivity contribution in [2.45, 2.75) is 13.8 Å². The van der Waals surface area contributed by atoms with E-state index in [4.69, 9.17) is 0 Å². The van der Waals surface area contributed by atoms with Gasteiger partial charge in [-0.05, 0) is 0 Å². The van der Waals surface area contributed by atoms with E-state index in [9.17, 15) is 0 Å². The second-order valence-corrected chi connectivity index (χ2v) is 6.79. The first kappa shape index (κ1) is 18.4. The minimum atomic E-state index is -0.0273. The largest absolute Gasteiger partial charge is 0.0683 e. The van der Waals surface area contributed by atoms with Crippen LogP contribution in [0.2, 0.25) is 0 Å². The van der Waals surface area contributed by atoms with E-state index < -0.39 is 0 Å². The van der Waals surface area contributed by atoms with Crippen molar-refractivity contribution in [3.8, 4) is 0 Å². The summed E-state index contributed by atoms with van der Waals surface area (Å²) in [6, 6.07) is 20.7. The monoisotopic (exact) mass is 403 g/mol. The molecule has 0 saturated carbocycles. The van der Waals surface area contributed by atoms with Gasteiger partial charge in [0.15, 0.2) is 0 Å². The second-order valence-electron chi connectivity index (χ2n) is 4.41. The van der Waals surface area contributed by atoms with Gasteiger partial charge in [-0.1, -0.05) is 13.8 Å². The molecule has 0 saturated heterocycles. The molecule has 0 aliphatic rings. The predicted molar refractivity (Wildman–Crippen MR) is 96.3 cm³/mol. The van der Waals surface area contributed by atoms with Gasteiger partial charge in [0, 0.05) is 0 Å². The zero-order chi connectivity index (χ0) is 16.4. The van der Waals surface area contributed by atoms with Crippen molar-refractivity contribution in [1.82, 2.24) is 0 Å². The molecular weight excluding hydrogens is 379 g/mol. The number of allylic oxidation sites excluding steroid dienone is 4. The van der Waals surface area contributed by atoms with E-state index in [0.29, 0.717) is 0 Å². The van der Waals surface area contributed by atoms with Gasteiger partial charge in [0.05, 0.1) is 0 Å². The molecule has 0 atom stereocenters. The fraction of sp³-hybridized carbons (Fsp3) is 0.143. The molecule has 116 valence electrons. The number of hydrogen-bond acceptors (Lipinski definition) is 0. The summed E-state index contributed by atoms with van der Waals surface area (Å²) in [5.74, 6) is 0. The zero-order valence-electron chi connectivity index (χ0n) is 13.6. The van der Waals surface area contributed by atoms with Gasteiger partial charge in [-0.2, -0.15) is 0 Å². The summed E-state index contributed by atoms with van der Waals surface area (Å²) in [5, 5.41) is 0. The first-order chi connectivity index (χ1) is 10.7. The smallest absolute Gasteiger partial charge is 0.0683 e. The first-order valence-corrected chi connectivity index (χ1v) is 10.7. The van der Waals surface area contributed by atoms with E-state index in [-0.39, 0.29) is 21.2 Å². The van der Waals surface area contributed by atoms with Gasteiger partial charge in [0.2, 0.25) is 0 Å². The van der Waals surface area contributed by atoms with E-state index in [1.54, 1.807) is 0 Å². The van der Waals surface area contributed by atoms with Crippen molar-refractivity contribution < 1.29 is 21.2 Å². The Hall–Kier alpha value is -1.61. The van der Waals surface area contributed by atoms with Crippen LogP contribution in [0.4, 0.5) is 0 Å². The van der Waals surface area contributed by atoms with Crippen LogP contribution in [0.5, 0.6) is 0 Å². The quantitative estimate of drug-likeness (QED) is 0.409. The van der Waals surface area contributed by atoms with Crippen molar-refractivity contribution in [3.05, 3.63) is 94.6 Å². The normalized spacial score (nSPS) is 10.6. The number of rotatable bonds is 5. The molecule has 2 aromatic rings. The van der Waals surface area contributed by atoms with Crippen LogP contribution in [-0.4, -0.2) is 4.93 Å². The SMILES string of the molecule is C=C([I-]C)/C(=C\C(=C)c1ccccc1)c1ccccc1.CC. The molecule has 2 aromatic carbocycles. The van der Waals surface area contributed by atoms with Gasteiger partial charge in [-0.3, -0.25) is 0 Å². The third-order valence-corrected chi connectivity index (χ3v) is 4.95. The standard InChI is InChI=1S/C19H18I.C2H6/c1-15(17-10-6-4-7-11-17)14-19(16(2)20-3)18-12-8-5-9-13-18;1-2/h4-14H,1-2H2,3H3;1-2H3/q-1;/b19-14+;. The van der Waals surface area contributed by atoms with E-state index in [1.165, 1.54) is 14.7 Å². The summed E-state index contributed by atoms with van der Waals surface area (Å²) < 4.78 is 1.24. The van der Waals surface area contributed by atoms with Crippen LogP contribution >= 0.6 is 0 Å². The maximum Gasteiger partial charge on any atom is -0.0683 e. The first-order valence-electron chi connectivity index (χ1n) is 7.42. The van der Waals surface area contributed by atoms with Crippen LogP contribution in [0.3, 0.4) is 0 Å². The van der Waals surface area contributed by atoms with Gasteiger partial charge in [0.25, 0.3) is 0 Å². The fourth-order valence-corrected chi connectivity index (χ4v) is 3.00. The zero-order valence-corrected chi connectivity index (χ0v) is 15.8. The molecule has 0 spiro atoms. The Morgan fingerprint density at radius 1 is 0.818 bits per heavy atom. The Kier molecular flexibility index (Phi) is 8.53. The van der Waals surface area contributed by atoms with Crippen LogP contribution < -0.4 is 21.2 Å². The summed E-state index contributed by atoms with van der Waals surface area (Å²) in [4.78, 5) is 2.24. The predicted octanol–water partition coefficient (Wildman–Crippen LogP) is 3.04. The molecule has 2 rings (SSSR count). The Morgan fingerprint density at radius 3 is 1.73 bits per heavy atom. The van der Waals surface area contributed by atoms with Crippen molar-refractivity contribution in [2.24, 2.45) is 0 Å². The van der Waals surface area contributed by atoms with Crippen molar-refractivity contribution in [2.75, 3.05) is 4.93 Å². The van der Waals surface area contributed by atoms with Crippen molar-refractivity contribution >= 4 is 11.1 Å². The molecule has 0 radical (unpaired) electrons. The fourth-order valence-electron chi connectivity index (χ4n) is 1.95. The van der Waals surface area contributed by atoms with Gasteiger partial charge >= 0.3 is 132 Å². The van der Waals surface area contributed by atoms with Crippen molar-refractivity contribution in [1.29, 1.82) is 0 Å². The molecular formula is C21H24I-. The topological polar surface area (TPSA) is 0 Å². The average molecular weight is 403 g/mol. The maximum atomic E-state index is 4.24. The summed E-state index contributed by atoms with van der Waals surface area (Å²) in [6.07, 6.45) is 2.16. The summed E-state index contributed by atoms with van der Waals surface area (Å²) in [6.45, 7) is 12.4. The molecule has 0 aliphatic carbocycles. The minimum Gasteiger partial charge on any atom is -0.0683 e. The van der Waals surface area contributed by atoms with Crippen molar-refractivity contribution in [3.63, 3.8) is 0 Å². The number of halogens is 1. The molecule has 0 N–H and O–H groups in total. The Balaban J connectivity index is 0.00000116. The van der Waals surface area contributed by atoms with Gasteiger partial charge < -0.3 is 0 Å². The number of alkyl halides is 1. The molecule has 0 unspecified atom stereocenters. The Labute approximate surface area is 145 Å². The number of hydrogen-bond donors (Lipinski definition) is 0. The second kappa shape index (κ2) is 10.2. The maximum absolute atomic E-state index is 4.24. The molecule has 22 heavy (non-hydrogen) atoms. The Morgan fingerprint density at radius 2 is 1.27 bits per heavy atom. The summed E-state index contributed by atoms with van der Waals surface area (Å²) >= 11 is -0.0273.